The topological polar surface area (TPSA) is 115 Å². The first-order valence-electron chi connectivity index (χ1n) is 10.7. The van der Waals surface area contributed by atoms with Gasteiger partial charge in [0.05, 0.1) is 6.61 Å². The number of hydrogen-bond donors (Lipinski definition) is 3. The summed E-state index contributed by atoms with van der Waals surface area (Å²) in [5.74, 6) is 0.477. The highest BCUT2D eigenvalue weighted by atomic mass is 16.7. The van der Waals surface area contributed by atoms with Gasteiger partial charge in [-0.2, -0.15) is 0 Å². The average molecular weight is 446 g/mol. The molecule has 0 saturated carbocycles. The number of rotatable bonds is 8. The van der Waals surface area contributed by atoms with Crippen LogP contribution in [0.5, 0.6) is 5.75 Å². The van der Waals surface area contributed by atoms with E-state index in [0.29, 0.717) is 12.2 Å². The predicted octanol–water partition coefficient (Wildman–Crippen LogP) is 2.20. The van der Waals surface area contributed by atoms with Crippen molar-refractivity contribution in [3.8, 4) is 5.75 Å². The number of carbonyl (C=O) groups is 1. The van der Waals surface area contributed by atoms with Crippen molar-refractivity contribution in [2.24, 2.45) is 0 Å². The normalized spacial score (nSPS) is 25.2. The molecular formula is C24H30O8. The van der Waals surface area contributed by atoms with Crippen molar-refractivity contribution in [3.05, 3.63) is 65.2 Å². The summed E-state index contributed by atoms with van der Waals surface area (Å²) in [5, 5.41) is 30.9. The van der Waals surface area contributed by atoms with Crippen LogP contribution in [0.15, 0.2) is 48.5 Å². The number of para-hydroxylation sites is 1. The third-order valence-corrected chi connectivity index (χ3v) is 5.34. The van der Waals surface area contributed by atoms with Crippen LogP contribution in [0.25, 0.3) is 0 Å². The van der Waals surface area contributed by atoms with E-state index in [0.717, 1.165) is 17.5 Å². The van der Waals surface area contributed by atoms with Gasteiger partial charge in [0.25, 0.3) is 0 Å². The molecule has 1 fully saturated rings. The SMILES string of the molecule is CCOC(=O)OC[C@H]1O[C@@H](Oc2ccccc2Cc2ccc(CC)cc2)[C@H](O)[C@@H](O)[C@@H]1O. The van der Waals surface area contributed by atoms with E-state index >= 15 is 0 Å². The fourth-order valence-corrected chi connectivity index (χ4v) is 3.46. The van der Waals surface area contributed by atoms with Gasteiger partial charge >= 0.3 is 6.16 Å². The Morgan fingerprint density at radius 1 is 0.906 bits per heavy atom. The van der Waals surface area contributed by atoms with Crippen LogP contribution in [-0.2, 0) is 27.1 Å². The Hall–Kier alpha value is -2.65. The first-order chi connectivity index (χ1) is 15.4. The van der Waals surface area contributed by atoms with Crippen LogP contribution in [-0.4, -0.2) is 65.4 Å². The lowest BCUT2D eigenvalue weighted by atomic mass is 9.99. The van der Waals surface area contributed by atoms with Gasteiger partial charge in [0.15, 0.2) is 0 Å². The molecule has 0 aromatic heterocycles. The Morgan fingerprint density at radius 2 is 1.59 bits per heavy atom. The molecule has 0 bridgehead atoms. The van der Waals surface area contributed by atoms with Gasteiger partial charge in [0.1, 0.15) is 36.8 Å². The summed E-state index contributed by atoms with van der Waals surface area (Å²) < 4.78 is 21.1. The number of aryl methyl sites for hydroxylation is 1. The first-order valence-corrected chi connectivity index (χ1v) is 10.7. The van der Waals surface area contributed by atoms with Crippen molar-refractivity contribution in [2.45, 2.75) is 57.4 Å². The maximum Gasteiger partial charge on any atom is 0.508 e. The summed E-state index contributed by atoms with van der Waals surface area (Å²) >= 11 is 0. The highest BCUT2D eigenvalue weighted by molar-refractivity contribution is 5.59. The van der Waals surface area contributed by atoms with Gasteiger partial charge in [0.2, 0.25) is 6.29 Å². The van der Waals surface area contributed by atoms with Crippen molar-refractivity contribution < 1.29 is 39.1 Å². The molecule has 32 heavy (non-hydrogen) atoms. The zero-order chi connectivity index (χ0) is 23.1. The zero-order valence-electron chi connectivity index (χ0n) is 18.2. The molecule has 2 aromatic carbocycles. The summed E-state index contributed by atoms with van der Waals surface area (Å²) in [7, 11) is 0. The molecule has 0 amide bonds. The van der Waals surface area contributed by atoms with Gasteiger partial charge in [-0.1, -0.05) is 49.4 Å². The Balaban J connectivity index is 1.71. The maximum atomic E-state index is 11.4. The molecular weight excluding hydrogens is 416 g/mol. The van der Waals surface area contributed by atoms with E-state index in [1.807, 2.05) is 12.1 Å². The second-order valence-electron chi connectivity index (χ2n) is 7.58. The third-order valence-electron chi connectivity index (χ3n) is 5.34. The van der Waals surface area contributed by atoms with Gasteiger partial charge in [-0.3, -0.25) is 0 Å². The molecule has 2 aromatic rings. The van der Waals surface area contributed by atoms with E-state index in [4.69, 9.17) is 14.2 Å². The highest BCUT2D eigenvalue weighted by Crippen LogP contribution is 2.28. The van der Waals surface area contributed by atoms with E-state index in [9.17, 15) is 20.1 Å². The van der Waals surface area contributed by atoms with Gasteiger partial charge < -0.3 is 34.3 Å². The smallest absolute Gasteiger partial charge is 0.462 e. The summed E-state index contributed by atoms with van der Waals surface area (Å²) in [6.07, 6.45) is -6.23. The molecule has 1 saturated heterocycles. The quantitative estimate of drug-likeness (QED) is 0.529. The van der Waals surface area contributed by atoms with E-state index in [1.54, 1.807) is 19.1 Å². The van der Waals surface area contributed by atoms with Crippen molar-refractivity contribution >= 4 is 6.16 Å². The fraction of sp³-hybridized carbons (Fsp3) is 0.458. The minimum Gasteiger partial charge on any atom is -0.462 e. The van der Waals surface area contributed by atoms with Crippen LogP contribution in [0, 0.1) is 0 Å². The van der Waals surface area contributed by atoms with Crippen LogP contribution in [0.2, 0.25) is 0 Å². The summed E-state index contributed by atoms with van der Waals surface area (Å²) in [5.41, 5.74) is 3.22. The van der Waals surface area contributed by atoms with Crippen LogP contribution >= 0.6 is 0 Å². The number of hydrogen-bond acceptors (Lipinski definition) is 8. The number of ether oxygens (including phenoxy) is 4. The molecule has 3 N–H and O–H groups in total. The molecule has 3 rings (SSSR count). The van der Waals surface area contributed by atoms with Crippen LogP contribution in [0.1, 0.15) is 30.5 Å². The standard InChI is InChI=1S/C24H30O8/c1-3-15-9-11-16(12-10-15)13-17-7-5-6-8-18(17)31-23-22(27)21(26)20(25)19(32-23)14-30-24(28)29-4-2/h5-12,19-23,25-27H,3-4,13-14H2,1-2H3/t19-,20-,21+,22-,23-/m1/s1. The Bertz CT molecular complexity index is 869. The van der Waals surface area contributed by atoms with E-state index in [-0.39, 0.29) is 13.2 Å². The van der Waals surface area contributed by atoms with Gasteiger partial charge in [-0.05, 0) is 36.1 Å². The molecule has 1 aliphatic heterocycles. The van der Waals surface area contributed by atoms with Crippen LogP contribution < -0.4 is 4.74 Å². The molecule has 8 heteroatoms. The molecule has 5 atom stereocenters. The van der Waals surface area contributed by atoms with Crippen LogP contribution in [0.3, 0.4) is 0 Å². The molecule has 0 radical (unpaired) electrons. The molecule has 174 valence electrons. The van der Waals surface area contributed by atoms with Gasteiger partial charge in [-0.15, -0.1) is 0 Å². The number of aliphatic hydroxyl groups is 3. The Labute approximate surface area is 187 Å². The lowest BCUT2D eigenvalue weighted by Gasteiger charge is -2.40. The fourth-order valence-electron chi connectivity index (χ4n) is 3.46. The average Bonchev–Trinajstić information content (AvgIpc) is 2.80. The second-order valence-corrected chi connectivity index (χ2v) is 7.58. The monoisotopic (exact) mass is 446 g/mol. The maximum absolute atomic E-state index is 11.4. The largest absolute Gasteiger partial charge is 0.508 e. The lowest BCUT2D eigenvalue weighted by Crippen LogP contribution is -2.60. The molecule has 1 aliphatic rings. The first kappa shape index (κ1) is 24.0. The molecule has 1 heterocycles. The van der Waals surface area contributed by atoms with Crippen molar-refractivity contribution in [2.75, 3.05) is 13.2 Å². The van der Waals surface area contributed by atoms with E-state index < -0.39 is 36.9 Å². The molecule has 8 nitrogen and oxygen atoms in total. The highest BCUT2D eigenvalue weighted by Gasteiger charge is 2.45. The minimum atomic E-state index is -1.54. The van der Waals surface area contributed by atoms with Crippen molar-refractivity contribution in [1.82, 2.24) is 0 Å². The number of benzene rings is 2. The second kappa shape index (κ2) is 11.3. The molecule has 0 unspecified atom stereocenters. The number of carbonyl (C=O) groups excluding carboxylic acids is 1. The van der Waals surface area contributed by atoms with Gasteiger partial charge in [0, 0.05) is 6.42 Å². The van der Waals surface area contributed by atoms with E-state index in [1.165, 1.54) is 5.56 Å². The summed E-state index contributed by atoms with van der Waals surface area (Å²) in [4.78, 5) is 11.4. The Kier molecular flexibility index (Phi) is 8.46. The van der Waals surface area contributed by atoms with Crippen molar-refractivity contribution in [3.63, 3.8) is 0 Å². The van der Waals surface area contributed by atoms with Crippen LogP contribution in [0.4, 0.5) is 4.79 Å². The summed E-state index contributed by atoms with van der Waals surface area (Å²) in [6.45, 7) is 3.50. The Morgan fingerprint density at radius 3 is 2.28 bits per heavy atom. The minimum absolute atomic E-state index is 0.137. The third kappa shape index (κ3) is 5.98. The zero-order valence-corrected chi connectivity index (χ0v) is 18.2. The molecule has 0 aliphatic carbocycles. The van der Waals surface area contributed by atoms with E-state index in [2.05, 4.69) is 35.9 Å². The van der Waals surface area contributed by atoms with Gasteiger partial charge in [-0.25, -0.2) is 4.79 Å². The number of aliphatic hydroxyl groups excluding tert-OH is 3. The molecule has 0 spiro atoms. The lowest BCUT2D eigenvalue weighted by molar-refractivity contribution is -0.278. The summed E-state index contributed by atoms with van der Waals surface area (Å²) in [6, 6.07) is 15.6. The van der Waals surface area contributed by atoms with Crippen molar-refractivity contribution in [1.29, 1.82) is 0 Å². The predicted molar refractivity (Wildman–Crippen MR) is 115 cm³/mol.